The number of hydrogen-bond acceptors (Lipinski definition) is 7. The number of rotatable bonds is 8. The molecule has 0 radical (unpaired) electrons. The Morgan fingerprint density at radius 3 is 2.57 bits per heavy atom. The molecular weight excluding hydrogens is 387 g/mol. The molecular formula is C21H23FN6O2. The van der Waals surface area contributed by atoms with Gasteiger partial charge in [0.05, 0.1) is 12.8 Å². The minimum absolute atomic E-state index is 0.0999. The molecule has 0 bridgehead atoms. The number of methoxy groups -OCH3 is 1. The van der Waals surface area contributed by atoms with E-state index in [-0.39, 0.29) is 5.75 Å². The van der Waals surface area contributed by atoms with Gasteiger partial charge < -0.3 is 15.4 Å². The highest BCUT2D eigenvalue weighted by atomic mass is 19.1. The molecule has 1 amide bonds. The van der Waals surface area contributed by atoms with Crippen LogP contribution in [0.5, 0.6) is 5.75 Å². The van der Waals surface area contributed by atoms with Crippen LogP contribution >= 0.6 is 0 Å². The first-order valence-electron chi connectivity index (χ1n) is 9.17. The fraction of sp³-hybridized carbons (Fsp3) is 0.190. The van der Waals surface area contributed by atoms with Crippen LogP contribution in [0.15, 0.2) is 42.6 Å². The van der Waals surface area contributed by atoms with Crippen LogP contribution in [-0.2, 0) is 4.79 Å². The highest BCUT2D eigenvalue weighted by molar-refractivity contribution is 5.76. The van der Waals surface area contributed by atoms with Gasteiger partial charge in [-0.3, -0.25) is 15.2 Å². The lowest BCUT2D eigenvalue weighted by Crippen LogP contribution is -2.24. The number of nitrogens with zero attached hydrogens (tertiary/aromatic N) is 3. The van der Waals surface area contributed by atoms with Crippen LogP contribution in [0.3, 0.4) is 0 Å². The van der Waals surface area contributed by atoms with Crippen molar-refractivity contribution < 1.29 is 13.9 Å². The van der Waals surface area contributed by atoms with Crippen LogP contribution in [0, 0.1) is 19.7 Å². The Morgan fingerprint density at radius 1 is 1.10 bits per heavy atom. The molecule has 8 nitrogen and oxygen atoms in total. The number of benzene rings is 1. The lowest BCUT2D eigenvalue weighted by molar-refractivity contribution is -0.115. The Hall–Kier alpha value is -3.88. The third-order valence-electron chi connectivity index (χ3n) is 4.32. The van der Waals surface area contributed by atoms with E-state index in [1.165, 1.54) is 18.2 Å². The number of hydrogen-bond donors (Lipinski definition) is 3. The van der Waals surface area contributed by atoms with Crippen molar-refractivity contribution in [3.05, 3.63) is 59.5 Å². The summed E-state index contributed by atoms with van der Waals surface area (Å²) in [6.45, 7) is 3.78. The molecule has 3 aromatic rings. The van der Waals surface area contributed by atoms with E-state index < -0.39 is 5.82 Å². The monoisotopic (exact) mass is 410 g/mol. The zero-order chi connectivity index (χ0) is 21.7. The SMILES string of the molecule is COc1c(F)cccc1Nc1cc(Nc2ccc(C)cn2)nc(NN(C)C=O)c1C. The molecule has 9 heteroatoms. The van der Waals surface area contributed by atoms with E-state index in [2.05, 4.69) is 26.0 Å². The molecule has 2 heterocycles. The molecule has 0 aliphatic rings. The minimum atomic E-state index is -0.476. The second kappa shape index (κ2) is 9.08. The summed E-state index contributed by atoms with van der Waals surface area (Å²) in [6.07, 6.45) is 2.37. The van der Waals surface area contributed by atoms with E-state index in [1.54, 1.807) is 31.4 Å². The summed E-state index contributed by atoms with van der Waals surface area (Å²) < 4.78 is 19.3. The zero-order valence-corrected chi connectivity index (χ0v) is 17.2. The Kier molecular flexibility index (Phi) is 6.31. The number of hydrazine groups is 1. The van der Waals surface area contributed by atoms with Crippen molar-refractivity contribution in [3.8, 4) is 5.75 Å². The third-order valence-corrected chi connectivity index (χ3v) is 4.32. The fourth-order valence-electron chi connectivity index (χ4n) is 2.74. The quantitative estimate of drug-likeness (QED) is 0.380. The van der Waals surface area contributed by atoms with Gasteiger partial charge >= 0.3 is 0 Å². The van der Waals surface area contributed by atoms with Gasteiger partial charge in [0.2, 0.25) is 6.41 Å². The molecule has 0 aliphatic heterocycles. The van der Waals surface area contributed by atoms with E-state index in [9.17, 15) is 9.18 Å². The fourth-order valence-corrected chi connectivity index (χ4v) is 2.74. The van der Waals surface area contributed by atoms with Crippen molar-refractivity contribution in [2.75, 3.05) is 30.2 Å². The summed E-state index contributed by atoms with van der Waals surface area (Å²) in [6, 6.07) is 10.2. The number of amides is 1. The van der Waals surface area contributed by atoms with Crippen molar-refractivity contribution >= 4 is 35.2 Å². The van der Waals surface area contributed by atoms with Crippen molar-refractivity contribution in [2.24, 2.45) is 0 Å². The van der Waals surface area contributed by atoms with Crippen molar-refractivity contribution in [1.29, 1.82) is 0 Å². The van der Waals surface area contributed by atoms with Gasteiger partial charge in [0.1, 0.15) is 11.6 Å². The van der Waals surface area contributed by atoms with Crippen molar-refractivity contribution in [2.45, 2.75) is 13.8 Å². The number of aryl methyl sites for hydroxylation is 1. The summed E-state index contributed by atoms with van der Waals surface area (Å²) in [5, 5.41) is 7.57. The minimum Gasteiger partial charge on any atom is -0.492 e. The van der Waals surface area contributed by atoms with Gasteiger partial charge in [0, 0.05) is 30.6 Å². The van der Waals surface area contributed by atoms with Crippen LogP contribution in [0.1, 0.15) is 11.1 Å². The van der Waals surface area contributed by atoms with Gasteiger partial charge in [-0.25, -0.2) is 14.4 Å². The maximum atomic E-state index is 14.1. The molecule has 3 rings (SSSR count). The molecule has 0 saturated carbocycles. The first-order chi connectivity index (χ1) is 14.4. The Balaban J connectivity index is 2.02. The normalized spacial score (nSPS) is 10.3. The summed E-state index contributed by atoms with van der Waals surface area (Å²) >= 11 is 0. The summed E-state index contributed by atoms with van der Waals surface area (Å²) in [4.78, 5) is 19.9. The average molecular weight is 410 g/mol. The van der Waals surface area contributed by atoms with Crippen molar-refractivity contribution in [1.82, 2.24) is 15.0 Å². The maximum absolute atomic E-state index is 14.1. The summed E-state index contributed by atoms with van der Waals surface area (Å²) in [5.74, 6) is 1.16. The molecule has 2 aromatic heterocycles. The number of aromatic nitrogens is 2. The van der Waals surface area contributed by atoms with Crippen LogP contribution in [0.25, 0.3) is 0 Å². The van der Waals surface area contributed by atoms with Gasteiger partial charge in [0.15, 0.2) is 17.4 Å². The highest BCUT2D eigenvalue weighted by Gasteiger charge is 2.15. The number of anilines is 5. The molecule has 1 aromatic carbocycles. The number of halogens is 1. The standard InChI is InChI=1S/C21H23FN6O2/c1-13-8-9-18(23-11-13)25-19-10-17(14(2)21(26-19)27-28(3)12-29)24-16-7-5-6-15(22)20(16)30-4/h5-12H,1-4H3,(H3,23,24,25,26,27). The van der Waals surface area contributed by atoms with Gasteiger partial charge in [-0.2, -0.15) is 0 Å². The molecule has 0 fully saturated rings. The smallest absolute Gasteiger partial charge is 0.227 e. The molecule has 0 spiro atoms. The number of nitrogens with one attached hydrogen (secondary N) is 3. The largest absolute Gasteiger partial charge is 0.492 e. The molecule has 0 saturated heterocycles. The van der Waals surface area contributed by atoms with Gasteiger partial charge in [0.25, 0.3) is 0 Å². The number of pyridine rings is 2. The van der Waals surface area contributed by atoms with E-state index in [0.29, 0.717) is 35.2 Å². The summed E-state index contributed by atoms with van der Waals surface area (Å²) in [5.41, 5.74) is 5.77. The number of carbonyl (C=O) groups is 1. The second-order valence-corrected chi connectivity index (χ2v) is 6.65. The zero-order valence-electron chi connectivity index (χ0n) is 17.2. The molecule has 0 atom stereocenters. The third kappa shape index (κ3) is 4.75. The average Bonchev–Trinajstić information content (AvgIpc) is 2.73. The number of para-hydroxylation sites is 1. The van der Waals surface area contributed by atoms with E-state index in [1.807, 2.05) is 26.0 Å². The topological polar surface area (TPSA) is 91.4 Å². The molecule has 30 heavy (non-hydrogen) atoms. The van der Waals surface area contributed by atoms with E-state index in [0.717, 1.165) is 11.1 Å². The second-order valence-electron chi connectivity index (χ2n) is 6.65. The van der Waals surface area contributed by atoms with Crippen LogP contribution < -0.4 is 20.8 Å². The Bertz CT molecular complexity index is 1040. The predicted octanol–water partition coefficient (Wildman–Crippen LogP) is 4.14. The first-order valence-corrected chi connectivity index (χ1v) is 9.17. The van der Waals surface area contributed by atoms with Gasteiger partial charge in [-0.1, -0.05) is 12.1 Å². The highest BCUT2D eigenvalue weighted by Crippen LogP contribution is 2.34. The number of carbonyl (C=O) groups excluding carboxylic acids is 1. The van der Waals surface area contributed by atoms with Gasteiger partial charge in [-0.15, -0.1) is 0 Å². The van der Waals surface area contributed by atoms with Gasteiger partial charge in [-0.05, 0) is 37.6 Å². The first kappa shape index (κ1) is 20.8. The molecule has 156 valence electrons. The van der Waals surface area contributed by atoms with E-state index >= 15 is 0 Å². The lowest BCUT2D eigenvalue weighted by Gasteiger charge is -2.20. The van der Waals surface area contributed by atoms with Crippen LogP contribution in [-0.4, -0.2) is 35.5 Å². The van der Waals surface area contributed by atoms with E-state index in [4.69, 9.17) is 4.74 Å². The molecule has 0 unspecified atom stereocenters. The molecule has 3 N–H and O–H groups in total. The summed E-state index contributed by atoms with van der Waals surface area (Å²) in [7, 11) is 2.98. The Morgan fingerprint density at radius 2 is 1.90 bits per heavy atom. The molecule has 0 aliphatic carbocycles. The van der Waals surface area contributed by atoms with Crippen molar-refractivity contribution in [3.63, 3.8) is 0 Å². The maximum Gasteiger partial charge on any atom is 0.227 e. The Labute approximate surface area is 174 Å². The number of ether oxygens (including phenoxy) is 1. The lowest BCUT2D eigenvalue weighted by atomic mass is 10.2. The predicted molar refractivity (Wildman–Crippen MR) is 115 cm³/mol. The van der Waals surface area contributed by atoms with Crippen LogP contribution in [0.2, 0.25) is 0 Å². The van der Waals surface area contributed by atoms with Crippen LogP contribution in [0.4, 0.5) is 33.2 Å².